The van der Waals surface area contributed by atoms with E-state index in [0.29, 0.717) is 6.54 Å². The van der Waals surface area contributed by atoms with Crippen molar-refractivity contribution < 1.29 is 4.57 Å². The highest BCUT2D eigenvalue weighted by atomic mass is 15.0. The average Bonchev–Trinajstić information content (AvgIpc) is 2.31. The quantitative estimate of drug-likeness (QED) is 0.724. The van der Waals surface area contributed by atoms with Gasteiger partial charge in [-0.3, -0.25) is 0 Å². The van der Waals surface area contributed by atoms with Crippen LogP contribution in [0.25, 0.3) is 0 Å². The van der Waals surface area contributed by atoms with Gasteiger partial charge in [0.2, 0.25) is 0 Å². The van der Waals surface area contributed by atoms with Crippen LogP contribution in [0, 0.1) is 11.3 Å². The van der Waals surface area contributed by atoms with Gasteiger partial charge < -0.3 is 5.73 Å². The van der Waals surface area contributed by atoms with E-state index < -0.39 is 0 Å². The lowest BCUT2D eigenvalue weighted by Crippen LogP contribution is -2.33. The maximum Gasteiger partial charge on any atom is 0.192 e. The number of pyridine rings is 1. The van der Waals surface area contributed by atoms with E-state index in [2.05, 4.69) is 9.97 Å². The molecule has 0 saturated carbocycles. The summed E-state index contributed by atoms with van der Waals surface area (Å²) in [5, 5.41) is 8.66. The summed E-state index contributed by atoms with van der Waals surface area (Å²) in [6, 6.07) is 7.68. The third-order valence-corrected chi connectivity index (χ3v) is 2.08. The second-order valence-corrected chi connectivity index (χ2v) is 3.25. The van der Waals surface area contributed by atoms with E-state index in [9.17, 15) is 0 Å². The maximum absolute atomic E-state index is 8.66. The van der Waals surface area contributed by atoms with Gasteiger partial charge in [-0.2, -0.15) is 9.83 Å². The predicted octanol–water partition coefficient (Wildman–Crippen LogP) is 0.266. The van der Waals surface area contributed by atoms with E-state index in [1.54, 1.807) is 6.20 Å². The lowest BCUT2D eigenvalue weighted by Gasteiger charge is -1.99. The fourth-order valence-corrected chi connectivity index (χ4v) is 1.33. The Morgan fingerprint density at radius 3 is 2.69 bits per heavy atom. The summed E-state index contributed by atoms with van der Waals surface area (Å²) in [4.78, 5) is 8.04. The lowest BCUT2D eigenvalue weighted by molar-refractivity contribution is -0.688. The van der Waals surface area contributed by atoms with Crippen molar-refractivity contribution in [1.29, 1.82) is 5.26 Å². The molecule has 0 radical (unpaired) electrons. The van der Waals surface area contributed by atoms with Gasteiger partial charge >= 0.3 is 0 Å². The van der Waals surface area contributed by atoms with Gasteiger partial charge in [0, 0.05) is 12.1 Å². The van der Waals surface area contributed by atoms with E-state index in [4.69, 9.17) is 11.0 Å². The molecule has 0 bridgehead atoms. The molecule has 0 aliphatic rings. The van der Waals surface area contributed by atoms with Gasteiger partial charge in [0.15, 0.2) is 30.5 Å². The lowest BCUT2D eigenvalue weighted by atomic mass is 10.3. The molecule has 2 rings (SSSR count). The van der Waals surface area contributed by atoms with Crippen molar-refractivity contribution in [3.05, 3.63) is 48.2 Å². The number of nitrogens with zero attached hydrogens (tertiary/aromatic N) is 4. The molecule has 0 unspecified atom stereocenters. The van der Waals surface area contributed by atoms with Gasteiger partial charge in [0.25, 0.3) is 0 Å². The molecule has 78 valence electrons. The smallest absolute Gasteiger partial charge is 0.192 e. The van der Waals surface area contributed by atoms with Crippen LogP contribution < -0.4 is 10.3 Å². The second kappa shape index (κ2) is 4.36. The number of nitrogen functional groups attached to an aromatic ring is 1. The Morgan fingerprint density at radius 2 is 2.06 bits per heavy atom. The zero-order valence-electron chi connectivity index (χ0n) is 8.54. The molecule has 2 aromatic heterocycles. The summed E-state index contributed by atoms with van der Waals surface area (Å²) in [6.07, 6.45) is 5.42. The monoisotopic (exact) mass is 212 g/mol. The first kappa shape index (κ1) is 10.1. The molecule has 0 aliphatic carbocycles. The molecule has 0 aromatic carbocycles. The largest absolute Gasteiger partial charge is 0.381 e. The molecule has 0 amide bonds. The molecule has 5 nitrogen and oxygen atoms in total. The normalized spacial score (nSPS) is 9.69. The van der Waals surface area contributed by atoms with Gasteiger partial charge in [0.05, 0.1) is 6.20 Å². The first-order chi connectivity index (χ1) is 7.79. The maximum atomic E-state index is 8.66. The van der Waals surface area contributed by atoms with Crippen molar-refractivity contribution in [2.45, 2.75) is 6.54 Å². The molecular formula is C11H10N5+. The Labute approximate surface area is 92.8 Å². The van der Waals surface area contributed by atoms with E-state index in [1.807, 2.05) is 41.2 Å². The SMILES string of the molecule is N#Cc1ncc(C[n+]2ccccc2)nc1N. The summed E-state index contributed by atoms with van der Waals surface area (Å²) in [5.74, 6) is 0.177. The van der Waals surface area contributed by atoms with Crippen molar-refractivity contribution in [2.75, 3.05) is 5.73 Å². The number of anilines is 1. The Bertz CT molecular complexity index is 530. The minimum atomic E-state index is 0.168. The summed E-state index contributed by atoms with van der Waals surface area (Å²) < 4.78 is 1.95. The Hall–Kier alpha value is -2.48. The summed E-state index contributed by atoms with van der Waals surface area (Å²) in [5.41, 5.74) is 6.48. The summed E-state index contributed by atoms with van der Waals surface area (Å²) in [7, 11) is 0. The highest BCUT2D eigenvalue weighted by Crippen LogP contribution is 2.03. The van der Waals surface area contributed by atoms with E-state index in [1.165, 1.54) is 0 Å². The molecule has 16 heavy (non-hydrogen) atoms. The number of nitrogens with two attached hydrogens (primary N) is 1. The fourth-order valence-electron chi connectivity index (χ4n) is 1.33. The molecule has 0 aliphatic heterocycles. The Morgan fingerprint density at radius 1 is 1.31 bits per heavy atom. The zero-order valence-corrected chi connectivity index (χ0v) is 8.54. The van der Waals surface area contributed by atoms with Crippen molar-refractivity contribution in [3.63, 3.8) is 0 Å². The summed E-state index contributed by atoms with van der Waals surface area (Å²) >= 11 is 0. The van der Waals surface area contributed by atoms with E-state index >= 15 is 0 Å². The topological polar surface area (TPSA) is 79.5 Å². The van der Waals surface area contributed by atoms with E-state index in [-0.39, 0.29) is 11.5 Å². The highest BCUT2D eigenvalue weighted by Gasteiger charge is 2.07. The van der Waals surface area contributed by atoms with Gasteiger partial charge in [0.1, 0.15) is 11.8 Å². The third-order valence-electron chi connectivity index (χ3n) is 2.08. The predicted molar refractivity (Wildman–Crippen MR) is 56.9 cm³/mol. The van der Waals surface area contributed by atoms with Crippen LogP contribution in [0.3, 0.4) is 0 Å². The standard InChI is InChI=1S/C11H10N5/c12-6-10-11(13)15-9(7-14-10)8-16-4-2-1-3-5-16/h1-5,7H,8H2,(H2,13,15)/q+1. The minimum Gasteiger partial charge on any atom is -0.381 e. The number of hydrogen-bond donors (Lipinski definition) is 1. The molecule has 2 N–H and O–H groups in total. The molecular weight excluding hydrogens is 202 g/mol. The molecule has 0 saturated heterocycles. The molecule has 2 heterocycles. The number of aromatic nitrogens is 3. The minimum absolute atomic E-state index is 0.168. The van der Waals surface area contributed by atoms with Gasteiger partial charge in [-0.1, -0.05) is 6.07 Å². The first-order valence-corrected chi connectivity index (χ1v) is 4.75. The van der Waals surface area contributed by atoms with Crippen LogP contribution in [-0.2, 0) is 6.54 Å². The zero-order chi connectivity index (χ0) is 11.4. The third kappa shape index (κ3) is 2.12. The molecule has 0 spiro atoms. The van der Waals surface area contributed by atoms with Crippen LogP contribution in [-0.4, -0.2) is 9.97 Å². The molecule has 5 heteroatoms. The van der Waals surface area contributed by atoms with Crippen molar-refractivity contribution in [3.8, 4) is 6.07 Å². The number of rotatable bonds is 2. The van der Waals surface area contributed by atoms with Crippen molar-refractivity contribution >= 4 is 5.82 Å². The summed E-state index contributed by atoms with van der Waals surface area (Å²) in [6.45, 7) is 0.587. The molecule has 0 atom stereocenters. The second-order valence-electron chi connectivity index (χ2n) is 3.25. The number of nitriles is 1. The van der Waals surface area contributed by atoms with Gasteiger partial charge in [-0.05, 0) is 0 Å². The molecule has 0 fully saturated rings. The first-order valence-electron chi connectivity index (χ1n) is 4.75. The van der Waals surface area contributed by atoms with E-state index in [0.717, 1.165) is 5.69 Å². The van der Waals surface area contributed by atoms with Crippen LogP contribution in [0.2, 0.25) is 0 Å². The molecule has 2 aromatic rings. The number of hydrogen-bond acceptors (Lipinski definition) is 4. The van der Waals surface area contributed by atoms with Crippen LogP contribution in [0.1, 0.15) is 11.4 Å². The Balaban J connectivity index is 2.24. The highest BCUT2D eigenvalue weighted by molar-refractivity contribution is 5.42. The average molecular weight is 212 g/mol. The fraction of sp³-hybridized carbons (Fsp3) is 0.0909. The van der Waals surface area contributed by atoms with Crippen molar-refractivity contribution in [2.24, 2.45) is 0 Å². The van der Waals surface area contributed by atoms with Crippen molar-refractivity contribution in [1.82, 2.24) is 9.97 Å². The Kier molecular flexibility index (Phi) is 2.74. The van der Waals surface area contributed by atoms with Crippen LogP contribution in [0.4, 0.5) is 5.82 Å². The van der Waals surface area contributed by atoms with Crippen LogP contribution in [0.5, 0.6) is 0 Å². The van der Waals surface area contributed by atoms with Gasteiger partial charge in [-0.15, -0.1) is 0 Å². The van der Waals surface area contributed by atoms with Crippen LogP contribution >= 0.6 is 0 Å². The van der Waals surface area contributed by atoms with Gasteiger partial charge in [-0.25, -0.2) is 9.97 Å². The van der Waals surface area contributed by atoms with Crippen LogP contribution in [0.15, 0.2) is 36.8 Å².